The Morgan fingerprint density at radius 3 is 2.58 bits per heavy atom. The quantitative estimate of drug-likeness (QED) is 0.443. The van der Waals surface area contributed by atoms with Crippen LogP contribution in [0.25, 0.3) is 0 Å². The minimum absolute atomic E-state index is 0.00621. The van der Waals surface area contributed by atoms with Crippen molar-refractivity contribution in [3.8, 4) is 0 Å². The van der Waals surface area contributed by atoms with Crippen molar-refractivity contribution < 1.29 is 18.0 Å². The molecule has 5 rings (SSSR count). The SMILES string of the molecule is C=N/C(=C\C=C/C)CNC(=O)c1ccc([C@@H]2C[C@H]2C(=O)N2[C@H]3CC4CC[C@@]3(CS2(=O)=O)C4(C)C)cc1. The van der Waals surface area contributed by atoms with E-state index in [2.05, 4.69) is 30.9 Å². The maximum Gasteiger partial charge on any atom is 0.251 e. The highest BCUT2D eigenvalue weighted by atomic mass is 32.2. The second-order valence-electron chi connectivity index (χ2n) is 11.4. The van der Waals surface area contributed by atoms with E-state index in [-0.39, 0.29) is 52.8 Å². The van der Waals surface area contributed by atoms with E-state index >= 15 is 0 Å². The third kappa shape index (κ3) is 3.76. The van der Waals surface area contributed by atoms with Crippen molar-refractivity contribution in [2.24, 2.45) is 27.7 Å². The molecule has 4 fully saturated rings. The van der Waals surface area contributed by atoms with Crippen LogP contribution in [0.2, 0.25) is 0 Å². The lowest BCUT2D eigenvalue weighted by molar-refractivity contribution is -0.130. The molecule has 3 aliphatic carbocycles. The van der Waals surface area contributed by atoms with E-state index in [4.69, 9.17) is 0 Å². The van der Waals surface area contributed by atoms with Gasteiger partial charge in [0.2, 0.25) is 15.9 Å². The number of rotatable bonds is 7. The Morgan fingerprint density at radius 1 is 1.22 bits per heavy atom. The molecule has 8 heteroatoms. The van der Waals surface area contributed by atoms with Gasteiger partial charge in [0, 0.05) is 16.9 Å². The van der Waals surface area contributed by atoms with E-state index in [1.54, 1.807) is 18.2 Å². The first-order valence-corrected chi connectivity index (χ1v) is 14.4. The molecular weight excluding hydrogens is 474 g/mol. The molecule has 0 aromatic heterocycles. The van der Waals surface area contributed by atoms with E-state index in [0.717, 1.165) is 24.8 Å². The number of hydrogen-bond acceptors (Lipinski definition) is 5. The van der Waals surface area contributed by atoms with Crippen molar-refractivity contribution >= 4 is 28.6 Å². The summed E-state index contributed by atoms with van der Waals surface area (Å²) in [5.41, 5.74) is 1.80. The van der Waals surface area contributed by atoms with Crippen LogP contribution in [0.1, 0.15) is 68.3 Å². The van der Waals surface area contributed by atoms with E-state index in [1.165, 1.54) is 4.31 Å². The van der Waals surface area contributed by atoms with Gasteiger partial charge in [0.25, 0.3) is 5.91 Å². The van der Waals surface area contributed by atoms with Crippen molar-refractivity contribution in [2.75, 3.05) is 12.3 Å². The number of amides is 2. The van der Waals surface area contributed by atoms with Gasteiger partial charge in [0.1, 0.15) is 0 Å². The number of nitrogens with one attached hydrogen (secondary N) is 1. The van der Waals surface area contributed by atoms with Gasteiger partial charge in [-0.25, -0.2) is 12.7 Å². The Bertz CT molecular complexity index is 1260. The molecule has 1 aromatic carbocycles. The third-order valence-corrected chi connectivity index (χ3v) is 11.4. The number of fused-ring (bicyclic) bond motifs is 1. The maximum absolute atomic E-state index is 13.5. The van der Waals surface area contributed by atoms with Crippen LogP contribution in [0.15, 0.2) is 53.2 Å². The van der Waals surface area contributed by atoms with Gasteiger partial charge >= 0.3 is 0 Å². The van der Waals surface area contributed by atoms with Crippen LogP contribution in [-0.4, -0.2) is 49.6 Å². The molecule has 1 aliphatic heterocycles. The molecule has 1 unspecified atom stereocenters. The summed E-state index contributed by atoms with van der Waals surface area (Å²) in [6, 6.07) is 7.06. The van der Waals surface area contributed by atoms with Crippen LogP contribution >= 0.6 is 0 Å². The molecule has 5 atom stereocenters. The van der Waals surface area contributed by atoms with Gasteiger partial charge in [-0.1, -0.05) is 38.1 Å². The average Bonchev–Trinajstić information content (AvgIpc) is 3.51. The first-order chi connectivity index (χ1) is 17.1. The predicted molar refractivity (Wildman–Crippen MR) is 140 cm³/mol. The standard InChI is InChI=1S/C28H35N3O4S/c1-5-6-7-21(29-4)16-30-25(32)19-10-8-18(9-11-19)22-15-23(22)26(33)31-24-14-20-12-13-28(24,27(20,2)3)17-36(31,34)35/h5-11,20,22-24H,4,12-17H2,1-3H3,(H,30,32)/b6-5-,21-7-/t20?,22-,23+,24-,28-/m0/s1. The normalized spacial score (nSPS) is 33.5. The Labute approximate surface area is 213 Å². The van der Waals surface area contributed by atoms with Crippen molar-refractivity contribution in [1.82, 2.24) is 9.62 Å². The molecule has 1 aromatic rings. The molecule has 1 spiro atoms. The summed E-state index contributed by atoms with van der Waals surface area (Å²) in [5.74, 6) is -0.174. The molecule has 192 valence electrons. The summed E-state index contributed by atoms with van der Waals surface area (Å²) < 4.78 is 27.7. The molecule has 4 aliphatic rings. The monoisotopic (exact) mass is 509 g/mol. The van der Waals surface area contributed by atoms with Gasteiger partial charge in [0.15, 0.2) is 0 Å². The highest BCUT2D eigenvalue weighted by Gasteiger charge is 2.73. The van der Waals surface area contributed by atoms with E-state index in [0.29, 0.717) is 23.6 Å². The lowest BCUT2D eigenvalue weighted by Gasteiger charge is -2.37. The van der Waals surface area contributed by atoms with Crippen LogP contribution in [-0.2, 0) is 14.8 Å². The average molecular weight is 510 g/mol. The number of allylic oxidation sites excluding steroid dienone is 3. The highest BCUT2D eigenvalue weighted by molar-refractivity contribution is 7.90. The summed E-state index contributed by atoms with van der Waals surface area (Å²) in [6.45, 7) is 10.1. The minimum Gasteiger partial charge on any atom is -0.346 e. The van der Waals surface area contributed by atoms with E-state index < -0.39 is 10.0 Å². The molecule has 36 heavy (non-hydrogen) atoms. The third-order valence-electron chi connectivity index (χ3n) is 9.45. The fraction of sp³-hybridized carbons (Fsp3) is 0.536. The van der Waals surface area contributed by atoms with Gasteiger partial charge in [0.05, 0.1) is 24.0 Å². The Hall–Kier alpha value is -2.74. The Balaban J connectivity index is 1.24. The summed E-state index contributed by atoms with van der Waals surface area (Å²) >= 11 is 0. The van der Waals surface area contributed by atoms with Crippen molar-refractivity contribution in [3.63, 3.8) is 0 Å². The van der Waals surface area contributed by atoms with E-state index in [9.17, 15) is 18.0 Å². The fourth-order valence-corrected chi connectivity index (χ4v) is 9.69. The van der Waals surface area contributed by atoms with Crippen molar-refractivity contribution in [3.05, 3.63) is 59.3 Å². The second-order valence-corrected chi connectivity index (χ2v) is 13.2. The molecule has 0 radical (unpaired) electrons. The summed E-state index contributed by atoms with van der Waals surface area (Å²) in [7, 11) is -3.60. The Kier molecular flexibility index (Phi) is 6.01. The van der Waals surface area contributed by atoms with Gasteiger partial charge in [-0.15, -0.1) is 0 Å². The number of hydrogen-bond donors (Lipinski definition) is 1. The number of aliphatic imine (C=N–C) groups is 1. The van der Waals surface area contributed by atoms with Crippen LogP contribution in [0.4, 0.5) is 0 Å². The molecule has 3 saturated carbocycles. The number of sulfonamides is 1. The zero-order valence-corrected chi connectivity index (χ0v) is 22.1. The molecule has 2 amide bonds. The molecule has 1 heterocycles. The zero-order chi connectivity index (χ0) is 25.9. The molecular formula is C28H35N3O4S. The van der Waals surface area contributed by atoms with Gasteiger partial charge in [-0.3, -0.25) is 14.6 Å². The zero-order valence-electron chi connectivity index (χ0n) is 21.2. The summed E-state index contributed by atoms with van der Waals surface area (Å²) in [6.07, 6.45) is 8.90. The summed E-state index contributed by atoms with van der Waals surface area (Å²) in [4.78, 5) is 30.0. The summed E-state index contributed by atoms with van der Waals surface area (Å²) in [5, 5.41) is 2.83. The fourth-order valence-electron chi connectivity index (χ4n) is 7.11. The van der Waals surface area contributed by atoms with Crippen LogP contribution in [0.3, 0.4) is 0 Å². The van der Waals surface area contributed by atoms with Gasteiger partial charge < -0.3 is 5.32 Å². The highest BCUT2D eigenvalue weighted by Crippen LogP contribution is 2.70. The molecule has 1 N–H and O–H groups in total. The van der Waals surface area contributed by atoms with Gasteiger partial charge in [-0.2, -0.15) is 0 Å². The van der Waals surface area contributed by atoms with E-state index in [1.807, 2.05) is 31.2 Å². The lowest BCUT2D eigenvalue weighted by atomic mass is 9.69. The molecule has 7 nitrogen and oxygen atoms in total. The minimum atomic E-state index is -3.60. The van der Waals surface area contributed by atoms with Crippen LogP contribution in [0, 0.1) is 22.7 Å². The molecule has 2 bridgehead atoms. The maximum atomic E-state index is 13.5. The van der Waals surface area contributed by atoms with Crippen LogP contribution in [0.5, 0.6) is 0 Å². The smallest absolute Gasteiger partial charge is 0.251 e. The molecule has 1 saturated heterocycles. The van der Waals surface area contributed by atoms with Crippen LogP contribution < -0.4 is 5.32 Å². The lowest BCUT2D eigenvalue weighted by Crippen LogP contribution is -2.44. The number of nitrogens with zero attached hydrogens (tertiary/aromatic N) is 2. The second kappa shape index (κ2) is 8.68. The topological polar surface area (TPSA) is 95.9 Å². The largest absolute Gasteiger partial charge is 0.346 e. The first kappa shape index (κ1) is 24.9. The van der Waals surface area contributed by atoms with Crippen molar-refractivity contribution in [2.45, 2.75) is 58.4 Å². The predicted octanol–water partition coefficient (Wildman–Crippen LogP) is 4.05. The number of carbonyl (C=O) groups is 2. The number of benzene rings is 1. The van der Waals surface area contributed by atoms with Crippen molar-refractivity contribution in [1.29, 1.82) is 0 Å². The number of carbonyl (C=O) groups excluding carboxylic acids is 2. The van der Waals surface area contributed by atoms with Gasteiger partial charge in [-0.05, 0) is 80.3 Å². The first-order valence-electron chi connectivity index (χ1n) is 12.8. The Morgan fingerprint density at radius 2 is 1.94 bits per heavy atom.